The zero-order valence-corrected chi connectivity index (χ0v) is 54.9. The number of hydrogen-bond donors (Lipinski definition) is 15. The highest BCUT2D eigenvalue weighted by Gasteiger charge is 2.36. The highest BCUT2D eigenvalue weighted by molar-refractivity contribution is 7.98. The number of carboxylic acid groups (broad SMARTS) is 1. The Morgan fingerprint density at radius 2 is 1.19 bits per heavy atom. The quantitative estimate of drug-likeness (QED) is 0.0642. The molecule has 0 unspecified atom stereocenters. The molecule has 1 aliphatic heterocycles. The van der Waals surface area contributed by atoms with Crippen molar-refractivity contribution in [3.63, 3.8) is 0 Å². The van der Waals surface area contributed by atoms with Crippen LogP contribution in [0.1, 0.15) is 65.6 Å². The van der Waals surface area contributed by atoms with Gasteiger partial charge in [-0.05, 0) is 102 Å². The molecule has 98 heavy (non-hydrogen) atoms. The molecule has 7 atom stereocenters. The summed E-state index contributed by atoms with van der Waals surface area (Å²) in [5, 5.41) is 41.5. The molecule has 0 spiro atoms. The summed E-state index contributed by atoms with van der Waals surface area (Å²) in [6.07, 6.45) is 3.97. The van der Waals surface area contributed by atoms with Gasteiger partial charge >= 0.3 is 5.97 Å². The Morgan fingerprint density at radius 3 is 1.79 bits per heavy atom. The second-order valence-corrected chi connectivity index (χ2v) is 25.6. The van der Waals surface area contributed by atoms with Crippen molar-refractivity contribution >= 4 is 110 Å². The summed E-state index contributed by atoms with van der Waals surface area (Å²) in [6, 6.07) is 9.76. The number of thioether (sulfide) groups is 2. The van der Waals surface area contributed by atoms with E-state index in [-0.39, 0.29) is 53.8 Å². The number of rotatable bonds is 15. The van der Waals surface area contributed by atoms with E-state index in [0.717, 1.165) is 22.1 Å². The number of carbonyl (C=O) groups excluding carboxylic acids is 10. The van der Waals surface area contributed by atoms with E-state index in [2.05, 4.69) is 62.5 Å². The van der Waals surface area contributed by atoms with Crippen LogP contribution in [0.5, 0.6) is 5.75 Å². The number of aromatic nitrogens is 4. The number of carbonyl (C=O) groups is 11. The number of nitrogens with zero attached hydrogens (tertiary/aromatic N) is 2. The minimum absolute atomic E-state index is 0.00765. The Morgan fingerprint density at radius 1 is 0.622 bits per heavy atom. The van der Waals surface area contributed by atoms with Crippen LogP contribution in [0.4, 0.5) is 8.78 Å². The third-order valence-corrected chi connectivity index (χ3v) is 18.1. The van der Waals surface area contributed by atoms with Gasteiger partial charge in [0.05, 0.1) is 31.5 Å². The monoisotopic (exact) mass is 1390 g/mol. The number of amides is 10. The normalized spacial score (nSPS) is 21.0. The number of nitrogens with one attached hydrogen (secondary N) is 11. The lowest BCUT2D eigenvalue weighted by molar-refractivity contribution is -0.142. The maximum atomic E-state index is 15.0. The molecule has 0 saturated heterocycles. The minimum Gasteiger partial charge on any atom is -0.508 e. The number of H-pyrrole nitrogens is 3. The van der Waals surface area contributed by atoms with Crippen molar-refractivity contribution in [2.75, 3.05) is 38.2 Å². The van der Waals surface area contributed by atoms with Gasteiger partial charge in [0.2, 0.25) is 59.1 Å². The lowest BCUT2D eigenvalue weighted by Crippen LogP contribution is -2.60. The Balaban J connectivity index is 1.13. The van der Waals surface area contributed by atoms with Gasteiger partial charge in [-0.25, -0.2) is 13.8 Å². The molecule has 1 aliphatic rings. The highest BCUT2D eigenvalue weighted by Crippen LogP contribution is 2.25. The molecule has 7 aromatic rings. The smallest absolute Gasteiger partial charge is 0.305 e. The molecule has 3 aromatic heterocycles. The number of phenols is 1. The molecule has 0 aliphatic carbocycles. The molecule has 520 valence electrons. The maximum Gasteiger partial charge on any atom is 0.305 e. The topological polar surface area (TPSA) is 440 Å². The predicted octanol–water partition coefficient (Wildman–Crippen LogP) is 1.25. The van der Waals surface area contributed by atoms with Gasteiger partial charge in [-0.15, -0.1) is 0 Å². The van der Waals surface area contributed by atoms with Gasteiger partial charge in [0.25, 0.3) is 0 Å². The second-order valence-electron chi connectivity index (χ2n) is 23.5. The molecular weight excluding hydrogens is 1310 g/mol. The van der Waals surface area contributed by atoms with Gasteiger partial charge in [-0.3, -0.25) is 52.7 Å². The van der Waals surface area contributed by atoms with E-state index < -0.39 is 151 Å². The lowest BCUT2D eigenvalue weighted by atomic mass is 10.0. The third kappa shape index (κ3) is 21.8. The van der Waals surface area contributed by atoms with Crippen LogP contribution >= 0.6 is 23.5 Å². The van der Waals surface area contributed by atoms with Crippen molar-refractivity contribution < 1.29 is 71.7 Å². The summed E-state index contributed by atoms with van der Waals surface area (Å²) in [5.41, 5.74) is 15.3. The summed E-state index contributed by atoms with van der Waals surface area (Å²) >= 11 is 2.76. The number of halogens is 2. The van der Waals surface area contributed by atoms with Gasteiger partial charge in [0.1, 0.15) is 59.7 Å². The van der Waals surface area contributed by atoms with Crippen LogP contribution in [0.15, 0.2) is 110 Å². The molecule has 17 N–H and O–H groups in total. The lowest BCUT2D eigenvalue weighted by Gasteiger charge is -2.28. The summed E-state index contributed by atoms with van der Waals surface area (Å²) in [5.74, 6) is -11.0. The van der Waals surface area contributed by atoms with Crippen LogP contribution in [-0.2, 0) is 89.9 Å². The Labute approximate surface area is 568 Å². The van der Waals surface area contributed by atoms with Gasteiger partial charge in [-0.2, -0.15) is 23.5 Å². The Hall–Kier alpha value is -10.3. The molecule has 10 amide bonds. The molecule has 0 saturated carbocycles. The first-order valence-electron chi connectivity index (χ1n) is 31.3. The number of unbranched alkanes of at least 4 members (excludes halogenated alkanes) is 1. The standard InChI is InChI=1S/C66H77F2N15O13S2/c1-83-31-58(87)78-55(60(70)90)34-98-33-38-6-4-5-37(19-38)32-97-18-16-56(85)76-49(7-2-3-17-69)61(91)74-30-57(86)77-50(21-39-27-72-47-14-10-41(67)23-45(39)47)62(92)79-51(22-40-28-73-48-15-11-42(68)24-46(40)48)63(93)81-53(26-59(88)89)65(95)80-52(25-43-29-71-35-75-43)64(94)82-54(66(83)96)20-36-8-12-44(84)13-9-36/h4-6,8-15,19,23-24,27-29,35,49-55,72-73,84H,2-3,7,16-18,20-22,25-26,30-34,69H2,1H3,(H2,70,90)(H,71,75)(H,74,91)(H,76,85)(H,77,86)(H,78,87)(H,79,92)(H,80,95)(H,81,93)(H,82,94)(H,88,89)/t49-,50-,51-,52-,53-,54-,55-/m0/s1. The van der Waals surface area contributed by atoms with E-state index in [1.807, 2.05) is 24.3 Å². The predicted molar refractivity (Wildman–Crippen MR) is 360 cm³/mol. The van der Waals surface area contributed by atoms with E-state index in [4.69, 9.17) is 11.5 Å². The number of likely N-dealkylation sites (N-methyl/N-ethyl adjacent to an activating group) is 1. The molecule has 4 aromatic carbocycles. The van der Waals surface area contributed by atoms with E-state index in [0.29, 0.717) is 64.2 Å². The summed E-state index contributed by atoms with van der Waals surface area (Å²) in [6.45, 7) is -1.10. The zero-order chi connectivity index (χ0) is 70.4. The van der Waals surface area contributed by atoms with Crippen LogP contribution < -0.4 is 54.0 Å². The van der Waals surface area contributed by atoms with Crippen molar-refractivity contribution in [3.05, 3.63) is 155 Å². The first kappa shape index (κ1) is 73.5. The van der Waals surface area contributed by atoms with Crippen LogP contribution in [0.25, 0.3) is 21.8 Å². The number of fused-ring (bicyclic) bond motifs is 4. The number of aliphatic carboxylic acids is 1. The maximum absolute atomic E-state index is 15.0. The van der Waals surface area contributed by atoms with Gasteiger partial charge in [0.15, 0.2) is 0 Å². The van der Waals surface area contributed by atoms with Gasteiger partial charge in [-0.1, -0.05) is 36.4 Å². The number of aromatic amines is 3. The van der Waals surface area contributed by atoms with Crippen LogP contribution in [0.3, 0.4) is 0 Å². The number of hydrogen-bond acceptors (Lipinski definition) is 16. The number of aromatic hydroxyl groups is 1. The number of primary amides is 1. The minimum atomic E-state index is -2.05. The molecular formula is C66H77F2N15O13S2. The second kappa shape index (κ2) is 35.6. The average Bonchev–Trinajstić information content (AvgIpc) is 1.65. The number of carboxylic acids is 1. The summed E-state index contributed by atoms with van der Waals surface area (Å²) in [4.78, 5) is 168. The summed E-state index contributed by atoms with van der Waals surface area (Å²) in [7, 11) is 1.27. The van der Waals surface area contributed by atoms with Gasteiger partial charge < -0.3 is 84.1 Å². The molecule has 0 radical (unpaired) electrons. The molecule has 0 fully saturated rings. The number of phenolic OH excluding ortho intramolecular Hbond substituents is 1. The molecule has 8 rings (SSSR count). The third-order valence-electron chi connectivity index (χ3n) is 15.9. The van der Waals surface area contributed by atoms with Crippen LogP contribution in [0.2, 0.25) is 0 Å². The van der Waals surface area contributed by atoms with Crippen molar-refractivity contribution in [1.29, 1.82) is 0 Å². The molecule has 28 nitrogen and oxygen atoms in total. The van der Waals surface area contributed by atoms with Crippen molar-refractivity contribution in [1.82, 2.24) is 67.4 Å². The number of imidazole rings is 1. The first-order valence-corrected chi connectivity index (χ1v) is 33.6. The number of nitrogens with two attached hydrogens (primary N) is 2. The number of benzene rings is 4. The van der Waals surface area contributed by atoms with Crippen molar-refractivity contribution in [2.24, 2.45) is 11.5 Å². The fourth-order valence-corrected chi connectivity index (χ4v) is 12.8. The van der Waals surface area contributed by atoms with E-state index >= 15 is 0 Å². The molecule has 32 heteroatoms. The fraction of sp³-hybridized carbons (Fsp3) is 0.364. The first-order chi connectivity index (χ1) is 47.0. The fourth-order valence-electron chi connectivity index (χ4n) is 10.9. The van der Waals surface area contributed by atoms with E-state index in [1.165, 1.54) is 110 Å². The van der Waals surface area contributed by atoms with Gasteiger partial charge in [0, 0.05) is 103 Å². The highest BCUT2D eigenvalue weighted by atomic mass is 32.2. The van der Waals surface area contributed by atoms with E-state index in [1.54, 1.807) is 0 Å². The molecule has 4 heterocycles. The van der Waals surface area contributed by atoms with Crippen molar-refractivity contribution in [3.8, 4) is 5.75 Å². The summed E-state index contributed by atoms with van der Waals surface area (Å²) < 4.78 is 29.7. The van der Waals surface area contributed by atoms with Crippen molar-refractivity contribution in [2.45, 2.75) is 112 Å². The zero-order valence-electron chi connectivity index (χ0n) is 53.3. The van der Waals surface area contributed by atoms with Crippen LogP contribution in [0, 0.1) is 11.6 Å². The SMILES string of the molecule is CN1CC(=O)N[C@H](C(N)=O)CSCc2cccc(c2)CSCCC(=O)N[C@@H](CCCCN)C(=O)NCC(=O)N[C@@H](Cc2c[nH]c3ccc(F)cc23)C(=O)N[C@@H](Cc2c[nH]c3ccc(F)cc23)C(=O)N[C@@H](CC(=O)O)C(=O)N[C@@H](Cc2c[nH]cn2)C(=O)N[C@@H](Cc2ccc(O)cc2)C1=O. The average molecular weight is 1390 g/mol. The Bertz CT molecular complexity index is 4010. The molecule has 2 bridgehead atoms. The van der Waals surface area contributed by atoms with Crippen LogP contribution in [-0.4, -0.2) is 181 Å². The Kier molecular flexibility index (Phi) is 26.7. The van der Waals surface area contributed by atoms with E-state index in [9.17, 15) is 71.7 Å². The largest absolute Gasteiger partial charge is 0.508 e.